The van der Waals surface area contributed by atoms with Crippen LogP contribution >= 0.6 is 0 Å². The van der Waals surface area contributed by atoms with Gasteiger partial charge in [-0.25, -0.2) is 9.50 Å². The molecule has 0 radical (unpaired) electrons. The molecular formula is C17H16N4O3. The van der Waals surface area contributed by atoms with E-state index in [1.165, 1.54) is 0 Å². The van der Waals surface area contributed by atoms with Gasteiger partial charge in [0.15, 0.2) is 11.4 Å². The van der Waals surface area contributed by atoms with Crippen LogP contribution in [0.1, 0.15) is 6.92 Å². The van der Waals surface area contributed by atoms with Crippen LogP contribution in [0.4, 0.5) is 0 Å². The Hall–Kier alpha value is -3.06. The Labute approximate surface area is 137 Å². The summed E-state index contributed by atoms with van der Waals surface area (Å²) < 4.78 is 13.1. The van der Waals surface area contributed by atoms with Gasteiger partial charge in [-0.05, 0) is 31.2 Å². The van der Waals surface area contributed by atoms with Crippen molar-refractivity contribution in [3.05, 3.63) is 42.6 Å². The molecule has 0 aliphatic rings. The number of nitrogens with zero attached hydrogens (tertiary/aromatic N) is 3. The summed E-state index contributed by atoms with van der Waals surface area (Å²) in [5.74, 6) is 1.24. The molecule has 0 spiro atoms. The molecule has 0 fully saturated rings. The number of imidazole rings is 1. The molecule has 0 amide bonds. The molecule has 0 saturated heterocycles. The van der Waals surface area contributed by atoms with Crippen molar-refractivity contribution in [3.63, 3.8) is 0 Å². The lowest BCUT2D eigenvalue weighted by Crippen LogP contribution is -2.23. The molecule has 1 atom stereocenters. The first-order valence-electron chi connectivity index (χ1n) is 7.58. The molecule has 3 heterocycles. The molecule has 24 heavy (non-hydrogen) atoms. The van der Waals surface area contributed by atoms with Gasteiger partial charge in [0.05, 0.1) is 6.20 Å². The van der Waals surface area contributed by atoms with Crippen LogP contribution in [0.25, 0.3) is 28.1 Å². The second kappa shape index (κ2) is 5.54. The smallest absolute Gasteiger partial charge is 0.232 e. The summed E-state index contributed by atoms with van der Waals surface area (Å²) in [6.07, 6.45) is 1.56. The largest absolute Gasteiger partial charge is 0.508 e. The quantitative estimate of drug-likeness (QED) is 0.598. The van der Waals surface area contributed by atoms with Gasteiger partial charge in [-0.15, -0.1) is 5.10 Å². The van der Waals surface area contributed by atoms with Gasteiger partial charge in [-0.3, -0.25) is 0 Å². The fourth-order valence-corrected chi connectivity index (χ4v) is 2.49. The topological polar surface area (TPSA) is 98.8 Å². The van der Waals surface area contributed by atoms with Crippen molar-refractivity contribution in [1.82, 2.24) is 14.6 Å². The molecule has 3 N–H and O–H groups in total. The van der Waals surface area contributed by atoms with E-state index < -0.39 is 0 Å². The van der Waals surface area contributed by atoms with Crippen LogP contribution in [0.2, 0.25) is 0 Å². The number of hydrogen-bond donors (Lipinski definition) is 2. The maximum Gasteiger partial charge on any atom is 0.232 e. The van der Waals surface area contributed by atoms with Crippen molar-refractivity contribution in [1.29, 1.82) is 0 Å². The molecule has 0 aliphatic carbocycles. The molecule has 4 aromatic rings. The first-order valence-corrected chi connectivity index (χ1v) is 7.58. The summed E-state index contributed by atoms with van der Waals surface area (Å²) in [6, 6.07) is 10.5. The number of phenolic OH excluding ortho intramolecular Hbond substituents is 1. The Morgan fingerprint density at radius 2 is 2.17 bits per heavy atom. The lowest BCUT2D eigenvalue weighted by atomic mass is 10.2. The van der Waals surface area contributed by atoms with Gasteiger partial charge in [0.2, 0.25) is 5.88 Å². The van der Waals surface area contributed by atoms with Crippen molar-refractivity contribution in [2.24, 2.45) is 5.73 Å². The van der Waals surface area contributed by atoms with Gasteiger partial charge < -0.3 is 20.0 Å². The molecule has 4 rings (SSSR count). The van der Waals surface area contributed by atoms with E-state index in [1.807, 2.05) is 19.1 Å². The van der Waals surface area contributed by atoms with E-state index in [9.17, 15) is 5.11 Å². The van der Waals surface area contributed by atoms with Crippen LogP contribution in [0, 0.1) is 0 Å². The SMILES string of the molecule is C[C@H](CN)Oc1ccc2ncc(-c3cc4ccc(O)cc4o3)n2n1. The fraction of sp³-hybridized carbons (Fsp3) is 0.176. The lowest BCUT2D eigenvalue weighted by Gasteiger charge is -2.11. The Morgan fingerprint density at radius 3 is 3.00 bits per heavy atom. The molecule has 0 unspecified atom stereocenters. The van der Waals surface area contributed by atoms with Gasteiger partial charge in [0, 0.05) is 24.1 Å². The summed E-state index contributed by atoms with van der Waals surface area (Å²) in [5, 5.41) is 14.9. The van der Waals surface area contributed by atoms with Gasteiger partial charge in [-0.1, -0.05) is 0 Å². The third kappa shape index (κ3) is 2.44. The Balaban J connectivity index is 1.81. The third-order valence-electron chi connectivity index (χ3n) is 3.75. The van der Waals surface area contributed by atoms with E-state index in [0.717, 1.165) is 5.39 Å². The second-order valence-corrected chi connectivity index (χ2v) is 5.58. The van der Waals surface area contributed by atoms with E-state index in [-0.39, 0.29) is 11.9 Å². The maximum absolute atomic E-state index is 9.57. The molecule has 0 bridgehead atoms. The minimum atomic E-state index is -0.129. The first kappa shape index (κ1) is 14.5. The zero-order valence-electron chi connectivity index (χ0n) is 13.0. The van der Waals surface area contributed by atoms with Crippen LogP contribution in [0.3, 0.4) is 0 Å². The monoisotopic (exact) mass is 324 g/mol. The standard InChI is InChI=1S/C17H16N4O3/c1-10(8-18)23-17-5-4-16-19-9-13(21(16)20-17)15-6-11-2-3-12(22)7-14(11)24-15/h2-7,9-10,22H,8,18H2,1H3/t10-/m1/s1. The van der Waals surface area contributed by atoms with E-state index in [4.69, 9.17) is 14.9 Å². The Bertz CT molecular complexity index is 1020. The predicted octanol–water partition coefficient (Wildman–Crippen LogP) is 2.57. The fourth-order valence-electron chi connectivity index (χ4n) is 2.49. The van der Waals surface area contributed by atoms with Crippen molar-refractivity contribution < 1.29 is 14.3 Å². The van der Waals surface area contributed by atoms with Gasteiger partial charge in [0.25, 0.3) is 0 Å². The Kier molecular flexibility index (Phi) is 3.35. The Morgan fingerprint density at radius 1 is 1.29 bits per heavy atom. The molecule has 0 saturated carbocycles. The number of phenols is 1. The van der Waals surface area contributed by atoms with Crippen molar-refractivity contribution in [2.75, 3.05) is 6.54 Å². The highest BCUT2D eigenvalue weighted by Crippen LogP contribution is 2.30. The van der Waals surface area contributed by atoms with Gasteiger partial charge in [0.1, 0.15) is 23.1 Å². The van der Waals surface area contributed by atoms with E-state index in [2.05, 4.69) is 10.1 Å². The number of rotatable bonds is 4. The highest BCUT2D eigenvalue weighted by Gasteiger charge is 2.14. The molecule has 7 nitrogen and oxygen atoms in total. The number of aromatic hydroxyl groups is 1. The van der Waals surface area contributed by atoms with Crippen LogP contribution in [-0.2, 0) is 0 Å². The maximum atomic E-state index is 9.57. The van der Waals surface area contributed by atoms with Gasteiger partial charge >= 0.3 is 0 Å². The highest BCUT2D eigenvalue weighted by molar-refractivity contribution is 5.83. The number of ether oxygens (including phenoxy) is 1. The molecular weight excluding hydrogens is 308 g/mol. The molecule has 1 aromatic carbocycles. The number of furan rings is 1. The lowest BCUT2D eigenvalue weighted by molar-refractivity contribution is 0.217. The summed E-state index contributed by atoms with van der Waals surface area (Å²) in [4.78, 5) is 4.33. The highest BCUT2D eigenvalue weighted by atomic mass is 16.5. The van der Waals surface area contributed by atoms with Crippen molar-refractivity contribution >= 4 is 16.6 Å². The zero-order valence-corrected chi connectivity index (χ0v) is 13.0. The summed E-state index contributed by atoms with van der Waals surface area (Å²) in [6.45, 7) is 2.29. The molecule has 3 aromatic heterocycles. The second-order valence-electron chi connectivity index (χ2n) is 5.58. The first-order chi connectivity index (χ1) is 11.6. The minimum absolute atomic E-state index is 0.129. The van der Waals surface area contributed by atoms with Crippen LogP contribution in [0.15, 0.2) is 47.0 Å². The summed E-state index contributed by atoms with van der Waals surface area (Å²) in [5.41, 5.74) is 7.56. The number of nitrogens with two attached hydrogens (primary N) is 1. The number of benzene rings is 1. The molecule has 122 valence electrons. The third-order valence-corrected chi connectivity index (χ3v) is 3.75. The average Bonchev–Trinajstić information content (AvgIpc) is 3.17. The predicted molar refractivity (Wildman–Crippen MR) is 89.0 cm³/mol. The van der Waals surface area contributed by atoms with Gasteiger partial charge in [-0.2, -0.15) is 0 Å². The van der Waals surface area contributed by atoms with E-state index >= 15 is 0 Å². The van der Waals surface area contributed by atoms with E-state index in [1.54, 1.807) is 35.0 Å². The van der Waals surface area contributed by atoms with E-state index in [0.29, 0.717) is 35.1 Å². The van der Waals surface area contributed by atoms with Crippen LogP contribution in [0.5, 0.6) is 11.6 Å². The van der Waals surface area contributed by atoms with Crippen LogP contribution in [-0.4, -0.2) is 32.4 Å². The average molecular weight is 324 g/mol. The normalized spacial score (nSPS) is 12.8. The number of fused-ring (bicyclic) bond motifs is 2. The number of hydrogen-bond acceptors (Lipinski definition) is 6. The zero-order chi connectivity index (χ0) is 16.7. The molecule has 7 heteroatoms. The molecule has 0 aliphatic heterocycles. The van der Waals surface area contributed by atoms with Crippen LogP contribution < -0.4 is 10.5 Å². The summed E-state index contributed by atoms with van der Waals surface area (Å²) in [7, 11) is 0. The van der Waals surface area contributed by atoms with Crippen molar-refractivity contribution in [2.45, 2.75) is 13.0 Å². The minimum Gasteiger partial charge on any atom is -0.508 e. The van der Waals surface area contributed by atoms with Crippen molar-refractivity contribution in [3.8, 4) is 23.1 Å². The summed E-state index contributed by atoms with van der Waals surface area (Å²) >= 11 is 0. The number of aromatic nitrogens is 3.